The van der Waals surface area contributed by atoms with E-state index in [0.29, 0.717) is 35.1 Å². The van der Waals surface area contributed by atoms with Gasteiger partial charge in [0.1, 0.15) is 6.67 Å². The van der Waals surface area contributed by atoms with E-state index in [9.17, 15) is 14.0 Å². The van der Waals surface area contributed by atoms with Gasteiger partial charge in [-0.1, -0.05) is 18.2 Å². The standard InChI is InChI=1S/C30H34FN5O2/c1-21-6-10-26(16-28(21)34-29(37)11-7-22-5-4-13-32-18-22)33-30(38)23-8-9-24(25(15-23)17-31)19-36-14-12-27(20-36)35(2)3/h4-11,13,15-16,18,27H,12,14,17,19-20H2,1-3H3,(H,33,38)(H,34,37)/b11-7+. The Hall–Kier alpha value is -3.88. The maximum atomic E-state index is 13.9. The lowest BCUT2D eigenvalue weighted by Gasteiger charge is -2.21. The Kier molecular flexibility index (Phi) is 8.99. The van der Waals surface area contributed by atoms with Crippen molar-refractivity contribution in [3.8, 4) is 0 Å². The number of nitrogens with one attached hydrogen (secondary N) is 2. The number of carbonyl (C=O) groups is 2. The van der Waals surface area contributed by atoms with Crippen molar-refractivity contribution in [2.45, 2.75) is 32.6 Å². The van der Waals surface area contributed by atoms with Gasteiger partial charge in [0.2, 0.25) is 5.91 Å². The van der Waals surface area contributed by atoms with Crippen LogP contribution in [0.25, 0.3) is 6.08 Å². The highest BCUT2D eigenvalue weighted by Gasteiger charge is 2.24. The van der Waals surface area contributed by atoms with Crippen LogP contribution < -0.4 is 10.6 Å². The van der Waals surface area contributed by atoms with E-state index in [1.807, 2.05) is 25.1 Å². The number of likely N-dealkylation sites (N-methyl/N-ethyl adjacent to an activating group) is 1. The van der Waals surface area contributed by atoms with Crippen LogP contribution in [0, 0.1) is 6.92 Å². The summed E-state index contributed by atoms with van der Waals surface area (Å²) in [5.41, 5.74) is 4.62. The van der Waals surface area contributed by atoms with Crippen LogP contribution in [0.3, 0.4) is 0 Å². The third-order valence-electron chi connectivity index (χ3n) is 6.85. The highest BCUT2D eigenvalue weighted by Crippen LogP contribution is 2.23. The number of nitrogens with zero attached hydrogens (tertiary/aromatic N) is 3. The zero-order valence-electron chi connectivity index (χ0n) is 22.1. The Labute approximate surface area is 223 Å². The number of anilines is 2. The Morgan fingerprint density at radius 1 is 1.13 bits per heavy atom. The maximum Gasteiger partial charge on any atom is 0.255 e. The number of benzene rings is 2. The van der Waals surface area contributed by atoms with Gasteiger partial charge in [-0.3, -0.25) is 19.5 Å². The summed E-state index contributed by atoms with van der Waals surface area (Å²) in [4.78, 5) is 34.0. The Morgan fingerprint density at radius 2 is 1.97 bits per heavy atom. The molecule has 1 aromatic heterocycles. The normalized spacial score (nSPS) is 15.8. The molecule has 0 bridgehead atoms. The first-order valence-corrected chi connectivity index (χ1v) is 12.7. The molecule has 0 aliphatic carbocycles. The summed E-state index contributed by atoms with van der Waals surface area (Å²) in [5, 5.41) is 5.71. The number of hydrogen-bond acceptors (Lipinski definition) is 5. The molecule has 2 heterocycles. The number of likely N-dealkylation sites (tertiary alicyclic amines) is 1. The number of alkyl halides is 1. The van der Waals surface area contributed by atoms with Crippen molar-refractivity contribution < 1.29 is 14.0 Å². The van der Waals surface area contributed by atoms with Crippen LogP contribution in [-0.4, -0.2) is 59.8 Å². The monoisotopic (exact) mass is 515 g/mol. The molecule has 1 fully saturated rings. The summed E-state index contributed by atoms with van der Waals surface area (Å²) >= 11 is 0. The van der Waals surface area contributed by atoms with E-state index >= 15 is 0 Å². The fourth-order valence-corrected chi connectivity index (χ4v) is 4.52. The molecule has 1 saturated heterocycles. The van der Waals surface area contributed by atoms with Gasteiger partial charge >= 0.3 is 0 Å². The summed E-state index contributed by atoms with van der Waals surface area (Å²) in [6, 6.07) is 14.7. The number of hydrogen-bond donors (Lipinski definition) is 2. The fourth-order valence-electron chi connectivity index (χ4n) is 4.52. The van der Waals surface area contributed by atoms with E-state index in [1.165, 1.54) is 6.08 Å². The molecule has 2 amide bonds. The molecule has 7 nitrogen and oxygen atoms in total. The first-order valence-electron chi connectivity index (χ1n) is 12.7. The second-order valence-corrected chi connectivity index (χ2v) is 9.85. The highest BCUT2D eigenvalue weighted by atomic mass is 19.1. The van der Waals surface area contributed by atoms with E-state index in [2.05, 4.69) is 39.5 Å². The third-order valence-corrected chi connectivity index (χ3v) is 6.85. The van der Waals surface area contributed by atoms with Gasteiger partial charge in [-0.15, -0.1) is 0 Å². The predicted octanol–water partition coefficient (Wildman–Crippen LogP) is 4.90. The lowest BCUT2D eigenvalue weighted by atomic mass is 10.0. The van der Waals surface area contributed by atoms with Crippen LogP contribution in [-0.2, 0) is 18.0 Å². The number of pyridine rings is 1. The van der Waals surface area contributed by atoms with E-state index < -0.39 is 6.67 Å². The SMILES string of the molecule is Cc1ccc(NC(=O)c2ccc(CN3CCC(N(C)C)C3)c(CF)c2)cc1NC(=O)/C=C/c1cccnc1. The largest absolute Gasteiger partial charge is 0.322 e. The van der Waals surface area contributed by atoms with Crippen molar-refractivity contribution in [3.63, 3.8) is 0 Å². The summed E-state index contributed by atoms with van der Waals surface area (Å²) in [6.45, 7) is 3.84. The molecule has 2 N–H and O–H groups in total. The number of aryl methyl sites for hydroxylation is 1. The van der Waals surface area contributed by atoms with Gasteiger partial charge < -0.3 is 15.5 Å². The highest BCUT2D eigenvalue weighted by molar-refractivity contribution is 6.06. The van der Waals surface area contributed by atoms with Crippen LogP contribution in [0.5, 0.6) is 0 Å². The molecule has 38 heavy (non-hydrogen) atoms. The van der Waals surface area contributed by atoms with E-state index in [0.717, 1.165) is 36.2 Å². The first-order chi connectivity index (χ1) is 18.3. The minimum atomic E-state index is -0.630. The van der Waals surface area contributed by atoms with Crippen LogP contribution in [0.15, 0.2) is 67.0 Å². The summed E-state index contributed by atoms with van der Waals surface area (Å²) < 4.78 is 13.9. The number of halogens is 1. The molecule has 1 aliphatic rings. The molecule has 4 rings (SSSR count). The predicted molar refractivity (Wildman–Crippen MR) is 150 cm³/mol. The van der Waals surface area contributed by atoms with Crippen molar-refractivity contribution in [2.75, 3.05) is 37.8 Å². The van der Waals surface area contributed by atoms with Crippen molar-refractivity contribution in [1.82, 2.24) is 14.8 Å². The molecule has 0 radical (unpaired) electrons. The number of carbonyl (C=O) groups excluding carboxylic acids is 2. The van der Waals surface area contributed by atoms with E-state index in [4.69, 9.17) is 0 Å². The van der Waals surface area contributed by atoms with Gasteiger partial charge in [-0.2, -0.15) is 0 Å². The second-order valence-electron chi connectivity index (χ2n) is 9.85. The molecule has 3 aromatic rings. The Bertz CT molecular complexity index is 1310. The van der Waals surface area contributed by atoms with Crippen LogP contribution in [0.1, 0.15) is 39.0 Å². The first kappa shape index (κ1) is 27.2. The molecular formula is C30H34FN5O2. The quantitative estimate of drug-likeness (QED) is 0.397. The smallest absolute Gasteiger partial charge is 0.255 e. The van der Waals surface area contributed by atoms with Crippen molar-refractivity contribution in [1.29, 1.82) is 0 Å². The molecule has 8 heteroatoms. The van der Waals surface area contributed by atoms with E-state index in [-0.39, 0.29) is 11.8 Å². The van der Waals surface area contributed by atoms with Gasteiger partial charge in [-0.05, 0) is 86.1 Å². The van der Waals surface area contributed by atoms with Crippen molar-refractivity contribution in [2.24, 2.45) is 0 Å². The lowest BCUT2D eigenvalue weighted by Crippen LogP contribution is -2.31. The van der Waals surface area contributed by atoms with Gasteiger partial charge in [0.15, 0.2) is 0 Å². The number of aromatic nitrogens is 1. The fraction of sp³-hybridized carbons (Fsp3) is 0.300. The molecule has 0 saturated carbocycles. The Morgan fingerprint density at radius 3 is 2.68 bits per heavy atom. The summed E-state index contributed by atoms with van der Waals surface area (Å²) in [5.74, 6) is -0.629. The molecule has 198 valence electrons. The molecule has 2 aromatic carbocycles. The molecule has 1 unspecified atom stereocenters. The van der Waals surface area contributed by atoms with Crippen molar-refractivity contribution in [3.05, 3.63) is 94.8 Å². The topological polar surface area (TPSA) is 77.6 Å². The van der Waals surface area contributed by atoms with Gasteiger partial charge in [0.25, 0.3) is 5.91 Å². The van der Waals surface area contributed by atoms with Crippen LogP contribution in [0.4, 0.5) is 15.8 Å². The maximum absolute atomic E-state index is 13.9. The minimum Gasteiger partial charge on any atom is -0.322 e. The number of rotatable bonds is 9. The van der Waals surface area contributed by atoms with Gasteiger partial charge in [-0.25, -0.2) is 4.39 Å². The molecular weight excluding hydrogens is 481 g/mol. The zero-order chi connectivity index (χ0) is 27.1. The summed E-state index contributed by atoms with van der Waals surface area (Å²) in [7, 11) is 4.17. The number of amides is 2. The average molecular weight is 516 g/mol. The Balaban J connectivity index is 1.40. The van der Waals surface area contributed by atoms with Gasteiger partial charge in [0, 0.05) is 61.1 Å². The lowest BCUT2D eigenvalue weighted by molar-refractivity contribution is -0.111. The zero-order valence-corrected chi connectivity index (χ0v) is 22.1. The van der Waals surface area contributed by atoms with Crippen LogP contribution >= 0.6 is 0 Å². The second kappa shape index (κ2) is 12.6. The molecule has 1 atom stereocenters. The van der Waals surface area contributed by atoms with Crippen LogP contribution in [0.2, 0.25) is 0 Å². The summed E-state index contributed by atoms with van der Waals surface area (Å²) in [6.07, 6.45) is 7.55. The molecule has 0 spiro atoms. The van der Waals surface area contributed by atoms with E-state index in [1.54, 1.807) is 48.8 Å². The average Bonchev–Trinajstić information content (AvgIpc) is 3.39. The minimum absolute atomic E-state index is 0.293. The molecule has 1 aliphatic heterocycles. The van der Waals surface area contributed by atoms with Crippen molar-refractivity contribution >= 4 is 29.3 Å². The van der Waals surface area contributed by atoms with Gasteiger partial charge in [0.05, 0.1) is 0 Å². The third kappa shape index (κ3) is 7.12.